The van der Waals surface area contributed by atoms with E-state index >= 15 is 0 Å². The third-order valence-electron chi connectivity index (χ3n) is 8.13. The highest BCUT2D eigenvalue weighted by molar-refractivity contribution is 5.97. The van der Waals surface area contributed by atoms with Gasteiger partial charge in [0.25, 0.3) is 0 Å². The molecule has 0 aromatic rings. The predicted molar refractivity (Wildman–Crippen MR) is 204 cm³/mol. The van der Waals surface area contributed by atoms with Crippen molar-refractivity contribution in [3.63, 3.8) is 0 Å². The van der Waals surface area contributed by atoms with Crippen LogP contribution in [0.3, 0.4) is 0 Å². The number of aliphatic carboxylic acids is 2. The van der Waals surface area contributed by atoms with E-state index in [9.17, 15) is 62.6 Å². The van der Waals surface area contributed by atoms with Crippen LogP contribution in [0.15, 0.2) is 0 Å². The Balaban J connectivity index is 5.49. The van der Waals surface area contributed by atoms with Crippen LogP contribution in [0.25, 0.3) is 0 Å². The molecule has 7 unspecified atom stereocenters. The molecule has 0 aliphatic heterocycles. The number of carboxylic acids is 2. The van der Waals surface area contributed by atoms with Crippen LogP contribution in [0.1, 0.15) is 65.2 Å². The van der Waals surface area contributed by atoms with Crippen molar-refractivity contribution in [2.45, 2.75) is 108 Å². The lowest BCUT2D eigenvalue weighted by Gasteiger charge is -2.25. The Hall–Kier alpha value is -6.48. The molecule has 0 fully saturated rings. The van der Waals surface area contributed by atoms with Crippen molar-refractivity contribution in [2.75, 3.05) is 26.2 Å². The Morgan fingerprint density at radius 1 is 0.533 bits per heavy atom. The molecule has 10 amide bonds. The van der Waals surface area contributed by atoms with Gasteiger partial charge in [0.05, 0.1) is 32.2 Å². The minimum Gasteiger partial charge on any atom is -0.481 e. The molecule has 27 heteroatoms. The van der Waals surface area contributed by atoms with Crippen molar-refractivity contribution >= 4 is 71.0 Å². The van der Waals surface area contributed by atoms with E-state index in [0.717, 1.165) is 6.92 Å². The summed E-state index contributed by atoms with van der Waals surface area (Å²) in [5.41, 5.74) is 21.5. The van der Waals surface area contributed by atoms with Crippen molar-refractivity contribution in [3.8, 4) is 0 Å². The van der Waals surface area contributed by atoms with Crippen LogP contribution < -0.4 is 65.5 Å². The third-order valence-corrected chi connectivity index (χ3v) is 8.13. The first-order valence-electron chi connectivity index (χ1n) is 18.5. The highest BCUT2D eigenvalue weighted by atomic mass is 16.4. The number of amides is 10. The molecule has 0 rings (SSSR count). The number of carbonyl (C=O) groups excluding carboxylic acids is 10. The number of hydrogen-bond acceptors (Lipinski definition) is 15. The van der Waals surface area contributed by atoms with E-state index in [1.165, 1.54) is 6.92 Å². The van der Waals surface area contributed by atoms with E-state index < -0.39 is 152 Å². The van der Waals surface area contributed by atoms with E-state index in [0.29, 0.717) is 12.8 Å². The van der Waals surface area contributed by atoms with Crippen molar-refractivity contribution in [1.29, 1.82) is 0 Å². The number of rotatable bonds is 30. The third kappa shape index (κ3) is 22.5. The monoisotopic (exact) mass is 860 g/mol. The Morgan fingerprint density at radius 3 is 1.55 bits per heavy atom. The number of aliphatic hydroxyl groups is 1. The van der Waals surface area contributed by atoms with Crippen molar-refractivity contribution in [1.82, 2.24) is 42.5 Å². The Bertz CT molecular complexity index is 1580. The lowest BCUT2D eigenvalue weighted by atomic mass is 10.1. The second-order valence-electron chi connectivity index (χ2n) is 13.3. The summed E-state index contributed by atoms with van der Waals surface area (Å²) in [7, 11) is 0. The van der Waals surface area contributed by atoms with Crippen molar-refractivity contribution in [3.05, 3.63) is 0 Å². The second kappa shape index (κ2) is 28.0. The standard InChI is InChI=1S/C33H56N12O15/c1-15(27(53)44-20(33(59)60)11-26(51)52)40-25(50)13-38-24(49)12-39-30(56)19(7-9-23(37)48)43-32(58)21(14-46)45-31(57)18(5-3-4-10-34)42-28(54)16(2)41-29(55)17(35)6-8-22(36)47/h15-21,46H,3-14,34-35H2,1-2H3,(H2,36,47)(H2,37,48)(H,38,49)(H,39,56)(H,40,50)(H,41,55)(H,42,54)(H,43,58)(H,44,53)(H,45,57)(H,51,52)(H,59,60). The molecular weight excluding hydrogens is 804 g/mol. The highest BCUT2D eigenvalue weighted by Crippen LogP contribution is 2.05. The normalized spacial score (nSPS) is 14.2. The maximum absolute atomic E-state index is 13.3. The molecule has 338 valence electrons. The number of nitrogens with one attached hydrogen (secondary N) is 8. The minimum atomic E-state index is -1.78. The molecule has 0 spiro atoms. The fourth-order valence-electron chi connectivity index (χ4n) is 4.73. The summed E-state index contributed by atoms with van der Waals surface area (Å²) in [6, 6.07) is -10.1. The molecule has 7 atom stereocenters. The van der Waals surface area contributed by atoms with Crippen LogP contribution in [0.2, 0.25) is 0 Å². The average Bonchev–Trinajstić information content (AvgIpc) is 3.17. The first kappa shape index (κ1) is 53.5. The summed E-state index contributed by atoms with van der Waals surface area (Å²) in [6.07, 6.45) is -1.31. The number of primary amides is 2. The van der Waals surface area contributed by atoms with E-state index in [1.54, 1.807) is 0 Å². The number of carboxylic acid groups (broad SMARTS) is 2. The zero-order valence-electron chi connectivity index (χ0n) is 33.1. The first-order valence-corrected chi connectivity index (χ1v) is 18.5. The van der Waals surface area contributed by atoms with Gasteiger partial charge in [-0.3, -0.25) is 52.7 Å². The molecule has 0 radical (unpaired) electrons. The fraction of sp³-hybridized carbons (Fsp3) is 0.636. The summed E-state index contributed by atoms with van der Waals surface area (Å²) >= 11 is 0. The maximum Gasteiger partial charge on any atom is 0.326 e. The molecule has 0 aliphatic rings. The summed E-state index contributed by atoms with van der Waals surface area (Å²) in [5, 5.41) is 45.5. The zero-order valence-corrected chi connectivity index (χ0v) is 33.1. The topological polar surface area (TPSA) is 466 Å². The molecule has 0 aliphatic carbocycles. The molecule has 0 saturated carbocycles. The van der Waals surface area contributed by atoms with Crippen LogP contribution in [-0.4, -0.2) is 155 Å². The maximum atomic E-state index is 13.3. The van der Waals surface area contributed by atoms with E-state index in [-0.39, 0.29) is 25.8 Å². The minimum absolute atomic E-state index is 0.00311. The van der Waals surface area contributed by atoms with Gasteiger partial charge in [-0.1, -0.05) is 0 Å². The Kier molecular flexibility index (Phi) is 25.0. The molecular formula is C33H56N12O15. The number of nitrogens with two attached hydrogens (primary N) is 4. The summed E-state index contributed by atoms with van der Waals surface area (Å²) in [4.78, 5) is 146. The summed E-state index contributed by atoms with van der Waals surface area (Å²) in [5.74, 6) is -12.4. The number of aliphatic hydroxyl groups excluding tert-OH is 1. The molecule has 19 N–H and O–H groups in total. The molecule has 27 nitrogen and oxygen atoms in total. The molecule has 0 aromatic heterocycles. The van der Waals surface area contributed by atoms with Crippen molar-refractivity contribution < 1.29 is 72.9 Å². The van der Waals surface area contributed by atoms with Crippen molar-refractivity contribution in [2.24, 2.45) is 22.9 Å². The molecule has 0 saturated heterocycles. The van der Waals surface area contributed by atoms with E-state index in [2.05, 4.69) is 37.2 Å². The molecule has 60 heavy (non-hydrogen) atoms. The SMILES string of the molecule is CC(NC(=O)CNC(=O)CNC(=O)C(CCC(N)=O)NC(=O)C(CO)NC(=O)C(CCCCN)NC(=O)C(C)NC(=O)C(N)CCC(N)=O)C(=O)NC(CC(=O)O)C(=O)O. The predicted octanol–water partition coefficient (Wildman–Crippen LogP) is -8.29. The smallest absolute Gasteiger partial charge is 0.326 e. The highest BCUT2D eigenvalue weighted by Gasteiger charge is 2.31. The van der Waals surface area contributed by atoms with Gasteiger partial charge in [-0.25, -0.2) is 4.79 Å². The van der Waals surface area contributed by atoms with Crippen LogP contribution in [0.5, 0.6) is 0 Å². The zero-order chi connectivity index (χ0) is 46.1. The summed E-state index contributed by atoms with van der Waals surface area (Å²) < 4.78 is 0. The average molecular weight is 861 g/mol. The van der Waals surface area contributed by atoms with Gasteiger partial charge in [-0.2, -0.15) is 0 Å². The molecule has 0 aromatic carbocycles. The lowest BCUT2D eigenvalue weighted by molar-refractivity contribution is -0.147. The van der Waals surface area contributed by atoms with Gasteiger partial charge in [0.15, 0.2) is 0 Å². The first-order chi connectivity index (χ1) is 28.0. The fourth-order valence-corrected chi connectivity index (χ4v) is 4.73. The van der Waals surface area contributed by atoms with Gasteiger partial charge in [0, 0.05) is 12.8 Å². The van der Waals surface area contributed by atoms with Gasteiger partial charge >= 0.3 is 11.9 Å². The quantitative estimate of drug-likeness (QED) is 0.0298. The van der Waals surface area contributed by atoms with Gasteiger partial charge in [0.2, 0.25) is 59.1 Å². The van der Waals surface area contributed by atoms with Crippen LogP contribution in [0.4, 0.5) is 0 Å². The largest absolute Gasteiger partial charge is 0.481 e. The lowest BCUT2D eigenvalue weighted by Crippen LogP contribution is -2.59. The van der Waals surface area contributed by atoms with Gasteiger partial charge in [-0.05, 0) is 52.5 Å². The van der Waals surface area contributed by atoms with Gasteiger partial charge in [-0.15, -0.1) is 0 Å². The van der Waals surface area contributed by atoms with Crippen LogP contribution in [0, 0.1) is 0 Å². The Labute approximate surface area is 342 Å². The number of hydrogen-bond donors (Lipinski definition) is 15. The van der Waals surface area contributed by atoms with E-state index in [4.69, 9.17) is 33.1 Å². The van der Waals surface area contributed by atoms with E-state index in [1.807, 2.05) is 5.32 Å². The van der Waals surface area contributed by atoms with Gasteiger partial charge in [0.1, 0.15) is 36.3 Å². The van der Waals surface area contributed by atoms with Crippen LogP contribution in [-0.2, 0) is 57.5 Å². The molecule has 0 heterocycles. The number of carbonyl (C=O) groups is 12. The molecule has 0 bridgehead atoms. The number of unbranched alkanes of at least 4 members (excludes halogenated alkanes) is 1. The van der Waals surface area contributed by atoms with Gasteiger partial charge < -0.3 is 80.8 Å². The second-order valence-corrected chi connectivity index (χ2v) is 13.3. The van der Waals surface area contributed by atoms with Crippen LogP contribution >= 0.6 is 0 Å². The Morgan fingerprint density at radius 2 is 1.02 bits per heavy atom. The summed E-state index contributed by atoms with van der Waals surface area (Å²) in [6.45, 7) is 0.142.